The molecule has 3 nitrogen and oxygen atoms in total. The van der Waals surface area contributed by atoms with Gasteiger partial charge in [0.1, 0.15) is 0 Å². The van der Waals surface area contributed by atoms with Crippen molar-refractivity contribution in [2.75, 3.05) is 13.1 Å². The Bertz CT molecular complexity index is 561. The number of rotatable bonds is 3. The first-order valence-corrected chi connectivity index (χ1v) is 8.01. The van der Waals surface area contributed by atoms with Crippen molar-refractivity contribution in [2.24, 2.45) is 17.6 Å². The van der Waals surface area contributed by atoms with E-state index >= 15 is 0 Å². The van der Waals surface area contributed by atoms with Crippen molar-refractivity contribution in [1.82, 2.24) is 4.90 Å². The van der Waals surface area contributed by atoms with Gasteiger partial charge in [-0.3, -0.25) is 4.79 Å². The molecule has 1 heterocycles. The molecule has 0 aromatic heterocycles. The number of alkyl halides is 3. The summed E-state index contributed by atoms with van der Waals surface area (Å²) < 4.78 is 40.1. The molecule has 4 atom stereocenters. The van der Waals surface area contributed by atoms with Crippen molar-refractivity contribution in [1.29, 1.82) is 0 Å². The van der Waals surface area contributed by atoms with Crippen molar-refractivity contribution in [2.45, 2.75) is 37.4 Å². The van der Waals surface area contributed by atoms with E-state index in [1.54, 1.807) is 23.1 Å². The summed E-state index contributed by atoms with van der Waals surface area (Å²) in [6.07, 6.45) is -3.03. The number of carbonyl (C=O) groups excluding carboxylic acids is 1. The number of carbonyl (C=O) groups is 1. The van der Waals surface area contributed by atoms with E-state index < -0.39 is 24.4 Å². The van der Waals surface area contributed by atoms with Gasteiger partial charge in [-0.05, 0) is 30.2 Å². The van der Waals surface area contributed by atoms with E-state index in [9.17, 15) is 18.0 Å². The lowest BCUT2D eigenvalue weighted by Crippen LogP contribution is -2.35. The minimum Gasteiger partial charge on any atom is -0.342 e. The molecule has 4 unspecified atom stereocenters. The summed E-state index contributed by atoms with van der Waals surface area (Å²) in [6, 6.07) is 7.74. The van der Waals surface area contributed by atoms with E-state index in [0.29, 0.717) is 19.0 Å². The average molecular weight is 326 g/mol. The van der Waals surface area contributed by atoms with Crippen LogP contribution in [0.2, 0.25) is 0 Å². The maximum Gasteiger partial charge on any atom is 0.396 e. The maximum absolute atomic E-state index is 13.4. The second kappa shape index (κ2) is 6.15. The summed E-state index contributed by atoms with van der Waals surface area (Å²) in [5.74, 6) is -1.56. The van der Waals surface area contributed by atoms with Gasteiger partial charge in [-0.1, -0.05) is 30.3 Å². The molecule has 0 bridgehead atoms. The third kappa shape index (κ3) is 3.37. The molecular formula is C17H21F3N2O. The third-order valence-electron chi connectivity index (χ3n) is 5.24. The van der Waals surface area contributed by atoms with Crippen molar-refractivity contribution in [3.8, 4) is 0 Å². The Morgan fingerprint density at radius 2 is 1.91 bits per heavy atom. The van der Waals surface area contributed by atoms with E-state index in [-0.39, 0.29) is 17.5 Å². The van der Waals surface area contributed by atoms with Gasteiger partial charge >= 0.3 is 6.18 Å². The molecule has 1 saturated heterocycles. The van der Waals surface area contributed by atoms with E-state index in [1.165, 1.54) is 12.1 Å². The van der Waals surface area contributed by atoms with Gasteiger partial charge in [-0.15, -0.1) is 0 Å². The first-order chi connectivity index (χ1) is 10.9. The monoisotopic (exact) mass is 326 g/mol. The number of amides is 1. The zero-order valence-electron chi connectivity index (χ0n) is 12.8. The van der Waals surface area contributed by atoms with Crippen LogP contribution in [-0.4, -0.2) is 36.1 Å². The normalized spacial score (nSPS) is 28.7. The minimum absolute atomic E-state index is 0.0744. The van der Waals surface area contributed by atoms with Gasteiger partial charge in [0.25, 0.3) is 0 Å². The number of nitrogens with two attached hydrogens (primary N) is 1. The predicted octanol–water partition coefficient (Wildman–Crippen LogP) is 2.92. The minimum atomic E-state index is -4.43. The fourth-order valence-corrected chi connectivity index (χ4v) is 3.92. The Morgan fingerprint density at radius 3 is 2.52 bits per heavy atom. The lowest BCUT2D eigenvalue weighted by atomic mass is 9.94. The average Bonchev–Trinajstić information content (AvgIpc) is 3.07. The molecule has 2 N–H and O–H groups in total. The van der Waals surface area contributed by atoms with Crippen LogP contribution in [0.3, 0.4) is 0 Å². The summed E-state index contributed by atoms with van der Waals surface area (Å²) in [7, 11) is 0. The van der Waals surface area contributed by atoms with Crippen molar-refractivity contribution in [3.05, 3.63) is 35.9 Å². The van der Waals surface area contributed by atoms with Gasteiger partial charge in [0.15, 0.2) is 0 Å². The van der Waals surface area contributed by atoms with Crippen LogP contribution in [0.1, 0.15) is 30.7 Å². The summed E-state index contributed by atoms with van der Waals surface area (Å²) >= 11 is 0. The Balaban J connectivity index is 1.70. The standard InChI is InChI=1S/C17H21F3N2O/c18-17(19,20)14(11-4-2-1-3-5-11)8-16(23)22-9-12-6-7-15(21)13(12)10-22/h1-5,12-15H,6-10,21H2. The highest BCUT2D eigenvalue weighted by Gasteiger charge is 2.46. The molecule has 1 aliphatic carbocycles. The molecule has 0 radical (unpaired) electrons. The second-order valence-electron chi connectivity index (χ2n) is 6.67. The number of fused-ring (bicyclic) bond motifs is 1. The topological polar surface area (TPSA) is 46.3 Å². The van der Waals surface area contributed by atoms with Crippen LogP contribution < -0.4 is 5.73 Å². The highest BCUT2D eigenvalue weighted by molar-refractivity contribution is 5.77. The predicted molar refractivity (Wildman–Crippen MR) is 80.6 cm³/mol. The fraction of sp³-hybridized carbons (Fsp3) is 0.588. The van der Waals surface area contributed by atoms with Crippen LogP contribution >= 0.6 is 0 Å². The molecule has 1 aromatic carbocycles. The lowest BCUT2D eigenvalue weighted by molar-refractivity contribution is -0.160. The number of hydrogen-bond donors (Lipinski definition) is 1. The fourth-order valence-electron chi connectivity index (χ4n) is 3.92. The Morgan fingerprint density at radius 1 is 1.22 bits per heavy atom. The Kier molecular flexibility index (Phi) is 4.36. The van der Waals surface area contributed by atoms with Crippen LogP contribution in [-0.2, 0) is 4.79 Å². The van der Waals surface area contributed by atoms with Gasteiger partial charge < -0.3 is 10.6 Å². The van der Waals surface area contributed by atoms with Crippen LogP contribution in [0.4, 0.5) is 13.2 Å². The van der Waals surface area contributed by atoms with Crippen LogP contribution in [0, 0.1) is 11.8 Å². The van der Waals surface area contributed by atoms with Crippen molar-refractivity contribution >= 4 is 5.91 Å². The molecule has 1 aromatic rings. The van der Waals surface area contributed by atoms with E-state index in [1.807, 2.05) is 0 Å². The Hall–Kier alpha value is -1.56. The maximum atomic E-state index is 13.4. The lowest BCUT2D eigenvalue weighted by Gasteiger charge is -2.24. The van der Waals surface area contributed by atoms with Gasteiger partial charge in [-0.2, -0.15) is 13.2 Å². The molecule has 23 heavy (non-hydrogen) atoms. The van der Waals surface area contributed by atoms with Crippen LogP contribution in [0.15, 0.2) is 30.3 Å². The number of halogens is 3. The third-order valence-corrected chi connectivity index (χ3v) is 5.24. The van der Waals surface area contributed by atoms with Crippen LogP contribution in [0.5, 0.6) is 0 Å². The molecule has 0 spiro atoms. The van der Waals surface area contributed by atoms with Crippen molar-refractivity contribution < 1.29 is 18.0 Å². The molecular weight excluding hydrogens is 305 g/mol. The largest absolute Gasteiger partial charge is 0.396 e. The molecule has 1 saturated carbocycles. The number of benzene rings is 1. The quantitative estimate of drug-likeness (QED) is 0.928. The SMILES string of the molecule is NC1CCC2CN(C(=O)CC(c3ccccc3)C(F)(F)F)CC12. The summed E-state index contributed by atoms with van der Waals surface area (Å²) in [5, 5.41) is 0. The number of nitrogens with zero attached hydrogens (tertiary/aromatic N) is 1. The van der Waals surface area contributed by atoms with E-state index in [0.717, 1.165) is 12.8 Å². The zero-order chi connectivity index (χ0) is 16.6. The molecule has 1 amide bonds. The molecule has 126 valence electrons. The van der Waals surface area contributed by atoms with Crippen LogP contribution in [0.25, 0.3) is 0 Å². The van der Waals surface area contributed by atoms with E-state index in [2.05, 4.69) is 0 Å². The first kappa shape index (κ1) is 16.3. The van der Waals surface area contributed by atoms with Crippen molar-refractivity contribution in [3.63, 3.8) is 0 Å². The second-order valence-corrected chi connectivity index (χ2v) is 6.67. The van der Waals surface area contributed by atoms with Gasteiger partial charge in [0.05, 0.1) is 5.92 Å². The van der Waals surface area contributed by atoms with Gasteiger partial charge in [0.2, 0.25) is 5.91 Å². The highest BCUT2D eigenvalue weighted by Crippen LogP contribution is 2.40. The number of likely N-dealkylation sites (tertiary alicyclic amines) is 1. The molecule has 3 rings (SSSR count). The summed E-state index contributed by atoms with van der Waals surface area (Å²) in [4.78, 5) is 14.0. The number of hydrogen-bond acceptors (Lipinski definition) is 2. The summed E-state index contributed by atoms with van der Waals surface area (Å²) in [6.45, 7) is 1.06. The van der Waals surface area contributed by atoms with Gasteiger partial charge in [0, 0.05) is 25.6 Å². The highest BCUT2D eigenvalue weighted by atomic mass is 19.4. The molecule has 6 heteroatoms. The van der Waals surface area contributed by atoms with E-state index in [4.69, 9.17) is 5.73 Å². The molecule has 2 fully saturated rings. The summed E-state index contributed by atoms with van der Waals surface area (Å²) in [5.41, 5.74) is 6.17. The smallest absolute Gasteiger partial charge is 0.342 e. The molecule has 1 aliphatic heterocycles. The Labute approximate surface area is 133 Å². The molecule has 2 aliphatic rings. The zero-order valence-corrected chi connectivity index (χ0v) is 12.8. The van der Waals surface area contributed by atoms with Gasteiger partial charge in [-0.25, -0.2) is 0 Å². The first-order valence-electron chi connectivity index (χ1n) is 8.01.